The van der Waals surface area contributed by atoms with Gasteiger partial charge < -0.3 is 20.0 Å². The Morgan fingerprint density at radius 1 is 1.13 bits per heavy atom. The maximum Gasteiger partial charge on any atom is 0.226 e. The number of piperazine rings is 1. The number of likely N-dealkylation sites (N-methyl/N-ethyl adjacent to an activating group) is 1. The van der Waals surface area contributed by atoms with E-state index in [0.29, 0.717) is 37.9 Å². The molecule has 6 unspecified atom stereocenters. The molecule has 5 heterocycles. The van der Waals surface area contributed by atoms with E-state index in [1.165, 1.54) is 6.07 Å². The molecule has 10 heteroatoms. The number of amides is 2. The SMILES string of the molecule is Cc1nc(N2CCN(C(=O)C3CC4C(CC3C)NC(=O)C3CNN([C@H]5CCN(C)C5)C34)C[C@@H]2C)ccc1F. The molecule has 0 bridgehead atoms. The van der Waals surface area contributed by atoms with Crippen LogP contribution < -0.4 is 15.6 Å². The van der Waals surface area contributed by atoms with Crippen molar-refractivity contribution >= 4 is 17.6 Å². The predicted octanol–water partition coefficient (Wildman–Crippen LogP) is 1.24. The van der Waals surface area contributed by atoms with Gasteiger partial charge in [0.2, 0.25) is 11.8 Å². The second-order valence-corrected chi connectivity index (χ2v) is 12.5. The van der Waals surface area contributed by atoms with Gasteiger partial charge in [-0.05, 0) is 70.7 Å². The lowest BCUT2D eigenvalue weighted by Crippen LogP contribution is -2.64. The Morgan fingerprint density at radius 2 is 1.95 bits per heavy atom. The molecule has 0 radical (unpaired) electrons. The van der Waals surface area contributed by atoms with Gasteiger partial charge in [-0.2, -0.15) is 0 Å². The summed E-state index contributed by atoms with van der Waals surface area (Å²) in [5, 5.41) is 5.74. The Morgan fingerprint density at radius 3 is 2.66 bits per heavy atom. The Hall–Kier alpha value is -2.30. The van der Waals surface area contributed by atoms with Crippen LogP contribution in [-0.4, -0.2) is 102 Å². The van der Waals surface area contributed by atoms with E-state index in [9.17, 15) is 14.0 Å². The number of anilines is 1. The highest BCUT2D eigenvalue weighted by molar-refractivity contribution is 5.82. The normalized spacial score (nSPS) is 38.2. The summed E-state index contributed by atoms with van der Waals surface area (Å²) in [6, 6.07) is 4.00. The molecule has 38 heavy (non-hydrogen) atoms. The number of carbonyl (C=O) groups excluding carboxylic acids is 2. The fourth-order valence-corrected chi connectivity index (χ4v) is 7.92. The Balaban J connectivity index is 1.16. The molecule has 5 fully saturated rings. The first-order valence-corrected chi connectivity index (χ1v) is 14.4. The van der Waals surface area contributed by atoms with E-state index in [2.05, 4.69) is 51.4 Å². The number of halogens is 1. The molecule has 2 amide bonds. The summed E-state index contributed by atoms with van der Waals surface area (Å²) >= 11 is 0. The summed E-state index contributed by atoms with van der Waals surface area (Å²) in [5.41, 5.74) is 3.99. The number of aryl methyl sites for hydroxylation is 1. The molecule has 5 aliphatic rings. The standard InChI is InChI=1S/C28H42FN7O2/c1-16-11-24-21(26-22(27(37)32-24)13-30-36(26)19-7-8-33(4)15-19)12-20(16)28(38)34-9-10-35(17(2)14-34)25-6-5-23(29)18(3)31-25/h5-6,16-17,19-22,24,26,30H,7-15H2,1-4H3,(H,32,37)/t16?,17-,19-,20?,21?,22?,24?,26?/m0/s1. The number of pyridine rings is 1. The van der Waals surface area contributed by atoms with Gasteiger partial charge in [-0.15, -0.1) is 0 Å². The second-order valence-electron chi connectivity index (χ2n) is 12.5. The number of aromatic nitrogens is 1. The highest BCUT2D eigenvalue weighted by Crippen LogP contribution is 2.44. The van der Waals surface area contributed by atoms with Gasteiger partial charge in [0, 0.05) is 62.8 Å². The van der Waals surface area contributed by atoms with Crippen molar-refractivity contribution in [3.63, 3.8) is 0 Å². The maximum atomic E-state index is 14.0. The van der Waals surface area contributed by atoms with Crippen LogP contribution in [0.15, 0.2) is 12.1 Å². The van der Waals surface area contributed by atoms with E-state index < -0.39 is 0 Å². The topological polar surface area (TPSA) is 84.0 Å². The third kappa shape index (κ3) is 4.48. The van der Waals surface area contributed by atoms with Crippen molar-refractivity contribution in [1.82, 2.24) is 30.5 Å². The molecule has 6 rings (SSSR count). The lowest BCUT2D eigenvalue weighted by atomic mass is 9.65. The third-order valence-corrected chi connectivity index (χ3v) is 10.0. The molecule has 1 aliphatic carbocycles. The van der Waals surface area contributed by atoms with Crippen molar-refractivity contribution in [2.45, 2.75) is 64.2 Å². The number of hydrogen-bond donors (Lipinski definition) is 2. The molecule has 1 aromatic heterocycles. The minimum Gasteiger partial charge on any atom is -0.353 e. The zero-order valence-corrected chi connectivity index (χ0v) is 23.1. The van der Waals surface area contributed by atoms with Crippen molar-refractivity contribution in [3.8, 4) is 0 Å². The van der Waals surface area contributed by atoms with Gasteiger partial charge in [0.25, 0.3) is 0 Å². The van der Waals surface area contributed by atoms with Crippen LogP contribution in [0.5, 0.6) is 0 Å². The van der Waals surface area contributed by atoms with Gasteiger partial charge in [-0.3, -0.25) is 15.0 Å². The van der Waals surface area contributed by atoms with Gasteiger partial charge in [-0.25, -0.2) is 14.4 Å². The Labute approximate surface area is 225 Å². The third-order valence-electron chi connectivity index (χ3n) is 10.0. The Kier molecular flexibility index (Phi) is 6.85. The highest BCUT2D eigenvalue weighted by atomic mass is 19.1. The smallest absolute Gasteiger partial charge is 0.226 e. The molecule has 9 nitrogen and oxygen atoms in total. The molecular formula is C28H42FN7O2. The van der Waals surface area contributed by atoms with Crippen molar-refractivity contribution in [1.29, 1.82) is 0 Å². The van der Waals surface area contributed by atoms with Crippen LogP contribution in [0, 0.1) is 36.4 Å². The van der Waals surface area contributed by atoms with E-state index in [0.717, 1.165) is 38.2 Å². The minimum absolute atomic E-state index is 0.0365. The summed E-state index contributed by atoms with van der Waals surface area (Å²) in [5.74, 6) is 1.29. The van der Waals surface area contributed by atoms with Crippen molar-refractivity contribution in [2.75, 3.05) is 51.2 Å². The fraction of sp³-hybridized carbons (Fsp3) is 0.750. The molecular weight excluding hydrogens is 485 g/mol. The largest absolute Gasteiger partial charge is 0.353 e. The van der Waals surface area contributed by atoms with Crippen LogP contribution in [0.1, 0.15) is 38.8 Å². The molecule has 8 atom stereocenters. The zero-order chi connectivity index (χ0) is 26.7. The summed E-state index contributed by atoms with van der Waals surface area (Å²) in [6.45, 7) is 10.7. The summed E-state index contributed by atoms with van der Waals surface area (Å²) in [7, 11) is 2.16. The van der Waals surface area contributed by atoms with Gasteiger partial charge in [0.1, 0.15) is 11.6 Å². The number of piperidine rings is 1. The first kappa shape index (κ1) is 26.0. The number of nitrogens with one attached hydrogen (secondary N) is 2. The minimum atomic E-state index is -0.295. The van der Waals surface area contributed by atoms with Crippen LogP contribution in [-0.2, 0) is 9.59 Å². The lowest BCUT2D eigenvalue weighted by molar-refractivity contribution is -0.143. The maximum absolute atomic E-state index is 14.0. The quantitative estimate of drug-likeness (QED) is 0.612. The van der Waals surface area contributed by atoms with Crippen molar-refractivity contribution < 1.29 is 14.0 Å². The molecule has 0 spiro atoms. The molecule has 4 saturated heterocycles. The number of hydrazine groups is 1. The van der Waals surface area contributed by atoms with Crippen LogP contribution >= 0.6 is 0 Å². The average Bonchev–Trinajstić information content (AvgIpc) is 3.52. The van der Waals surface area contributed by atoms with Gasteiger partial charge in [0.05, 0.1) is 11.6 Å². The number of nitrogens with zero attached hydrogens (tertiary/aromatic N) is 5. The number of carbonyl (C=O) groups is 2. The molecule has 4 aliphatic heterocycles. The van der Waals surface area contributed by atoms with Gasteiger partial charge in [-0.1, -0.05) is 6.92 Å². The number of likely N-dealkylation sites (tertiary alicyclic amines) is 1. The number of rotatable bonds is 3. The monoisotopic (exact) mass is 527 g/mol. The van der Waals surface area contributed by atoms with Gasteiger partial charge >= 0.3 is 0 Å². The van der Waals surface area contributed by atoms with E-state index in [1.807, 2.05) is 4.90 Å². The van der Waals surface area contributed by atoms with Crippen LogP contribution in [0.25, 0.3) is 0 Å². The number of hydrogen-bond acceptors (Lipinski definition) is 7. The zero-order valence-electron chi connectivity index (χ0n) is 23.1. The second kappa shape index (κ2) is 10.0. The van der Waals surface area contributed by atoms with Crippen LogP contribution in [0.4, 0.5) is 10.2 Å². The van der Waals surface area contributed by atoms with E-state index in [-0.39, 0.29) is 59.4 Å². The lowest BCUT2D eigenvalue weighted by Gasteiger charge is -2.50. The first-order chi connectivity index (χ1) is 18.2. The highest BCUT2D eigenvalue weighted by Gasteiger charge is 2.55. The first-order valence-electron chi connectivity index (χ1n) is 14.4. The van der Waals surface area contributed by atoms with E-state index in [1.54, 1.807) is 13.0 Å². The predicted molar refractivity (Wildman–Crippen MR) is 143 cm³/mol. The number of fused-ring (bicyclic) bond motifs is 3. The van der Waals surface area contributed by atoms with Crippen molar-refractivity contribution in [2.24, 2.45) is 23.7 Å². The summed E-state index contributed by atoms with van der Waals surface area (Å²) in [6.07, 6.45) is 2.78. The van der Waals surface area contributed by atoms with E-state index >= 15 is 0 Å². The van der Waals surface area contributed by atoms with Crippen LogP contribution in [0.3, 0.4) is 0 Å². The van der Waals surface area contributed by atoms with Gasteiger partial charge in [0.15, 0.2) is 0 Å². The summed E-state index contributed by atoms with van der Waals surface area (Å²) < 4.78 is 13.8. The molecule has 1 saturated carbocycles. The molecule has 208 valence electrons. The van der Waals surface area contributed by atoms with Crippen molar-refractivity contribution in [3.05, 3.63) is 23.6 Å². The molecule has 1 aromatic rings. The molecule has 2 N–H and O–H groups in total. The average molecular weight is 528 g/mol. The van der Waals surface area contributed by atoms with Crippen LogP contribution in [0.2, 0.25) is 0 Å². The molecule has 0 aromatic carbocycles. The Bertz CT molecular complexity index is 1090. The fourth-order valence-electron chi connectivity index (χ4n) is 7.92. The summed E-state index contributed by atoms with van der Waals surface area (Å²) in [4.78, 5) is 38.1. The van der Waals surface area contributed by atoms with E-state index in [4.69, 9.17) is 0 Å².